The molecule has 0 aromatic carbocycles. The van der Waals surface area contributed by atoms with E-state index in [0.717, 1.165) is 17.0 Å². The van der Waals surface area contributed by atoms with E-state index in [1.54, 1.807) is 17.8 Å². The van der Waals surface area contributed by atoms with E-state index in [9.17, 15) is 14.9 Å². The molecule has 0 aliphatic carbocycles. The van der Waals surface area contributed by atoms with Crippen molar-refractivity contribution in [1.82, 2.24) is 20.0 Å². The molecule has 0 atom stereocenters. The largest absolute Gasteiger partial charge is 0.401 e. The number of aryl methyl sites for hydroxylation is 2. The van der Waals surface area contributed by atoms with Gasteiger partial charge in [-0.2, -0.15) is 5.10 Å². The maximum absolute atomic E-state index is 12.0. The molecule has 0 unspecified atom stereocenters. The van der Waals surface area contributed by atoms with E-state index in [4.69, 9.17) is 4.42 Å². The van der Waals surface area contributed by atoms with Gasteiger partial charge in [-0.1, -0.05) is 16.4 Å². The van der Waals surface area contributed by atoms with Crippen LogP contribution in [-0.2, 0) is 7.05 Å². The Kier molecular flexibility index (Phi) is 3.62. The Morgan fingerprint density at radius 3 is 2.83 bits per heavy atom. The fraction of sp³-hybridized carbons (Fsp3) is 0.167. The van der Waals surface area contributed by atoms with Crippen LogP contribution in [0.2, 0.25) is 0 Å². The molecule has 10 nitrogen and oxygen atoms in total. The number of carbonyl (C=O) groups is 1. The summed E-state index contributed by atoms with van der Waals surface area (Å²) in [5.41, 5.74) is 1.40. The van der Waals surface area contributed by atoms with Gasteiger partial charge in [0.05, 0.1) is 15.5 Å². The van der Waals surface area contributed by atoms with Crippen molar-refractivity contribution in [2.45, 2.75) is 6.92 Å². The third-order valence-electron chi connectivity index (χ3n) is 2.86. The van der Waals surface area contributed by atoms with Crippen LogP contribution >= 0.6 is 11.3 Å². The SMILES string of the molecule is Cc1cc(-c2nnc(NC(=O)c3ccc([N+](=O)[O-])s3)o2)n(C)n1. The Morgan fingerprint density at radius 2 is 2.22 bits per heavy atom. The van der Waals surface area contributed by atoms with Gasteiger partial charge in [-0.25, -0.2) is 0 Å². The van der Waals surface area contributed by atoms with Crippen molar-refractivity contribution >= 4 is 28.3 Å². The number of nitrogens with zero attached hydrogens (tertiary/aromatic N) is 5. The van der Waals surface area contributed by atoms with Gasteiger partial charge in [0.2, 0.25) is 0 Å². The van der Waals surface area contributed by atoms with Crippen LogP contribution in [0, 0.1) is 17.0 Å². The summed E-state index contributed by atoms with van der Waals surface area (Å²) in [6.07, 6.45) is 0. The second-order valence-corrected chi connectivity index (χ2v) is 5.62. The molecule has 0 saturated carbocycles. The summed E-state index contributed by atoms with van der Waals surface area (Å²) in [4.78, 5) is 22.2. The Balaban J connectivity index is 1.77. The third kappa shape index (κ3) is 2.94. The minimum atomic E-state index is -0.559. The minimum Gasteiger partial charge on any atom is -0.401 e. The average Bonchev–Trinajstić information content (AvgIpc) is 3.18. The summed E-state index contributed by atoms with van der Waals surface area (Å²) in [6.45, 7) is 1.83. The molecule has 0 bridgehead atoms. The third-order valence-corrected chi connectivity index (χ3v) is 3.90. The molecule has 3 aromatic heterocycles. The highest BCUT2D eigenvalue weighted by atomic mass is 32.1. The zero-order chi connectivity index (χ0) is 16.6. The van der Waals surface area contributed by atoms with Gasteiger partial charge in [0.25, 0.3) is 11.8 Å². The molecule has 1 N–H and O–H groups in total. The standard InChI is InChI=1S/C12H10N6O4S/c1-6-5-7(17(2)16-6)11-14-15-12(22-11)13-10(19)8-3-4-9(23-8)18(20)21/h3-5H,1-2H3,(H,13,15,19). The first-order valence-electron chi connectivity index (χ1n) is 6.34. The monoisotopic (exact) mass is 334 g/mol. The first kappa shape index (κ1) is 14.8. The Bertz CT molecular complexity index is 895. The number of carbonyl (C=O) groups excluding carboxylic acids is 1. The van der Waals surface area contributed by atoms with E-state index < -0.39 is 10.8 Å². The van der Waals surface area contributed by atoms with Gasteiger partial charge < -0.3 is 4.42 Å². The van der Waals surface area contributed by atoms with Crippen molar-refractivity contribution in [2.75, 3.05) is 5.32 Å². The van der Waals surface area contributed by atoms with Crippen LogP contribution in [0.4, 0.5) is 11.0 Å². The first-order valence-corrected chi connectivity index (χ1v) is 7.16. The number of anilines is 1. The number of rotatable bonds is 4. The molecule has 0 aliphatic heterocycles. The van der Waals surface area contributed by atoms with Gasteiger partial charge in [0, 0.05) is 13.1 Å². The predicted octanol–water partition coefficient (Wildman–Crippen LogP) is 2.00. The van der Waals surface area contributed by atoms with Crippen molar-refractivity contribution in [3.63, 3.8) is 0 Å². The molecule has 0 radical (unpaired) electrons. The molecule has 0 fully saturated rings. The average molecular weight is 334 g/mol. The van der Waals surface area contributed by atoms with Crippen LogP contribution in [0.15, 0.2) is 22.6 Å². The lowest BCUT2D eigenvalue weighted by Crippen LogP contribution is -2.10. The summed E-state index contributed by atoms with van der Waals surface area (Å²) in [5, 5.41) is 24.7. The van der Waals surface area contributed by atoms with Crippen molar-refractivity contribution < 1.29 is 14.1 Å². The van der Waals surface area contributed by atoms with Crippen LogP contribution in [0.5, 0.6) is 0 Å². The maximum Gasteiger partial charge on any atom is 0.324 e. The molecule has 23 heavy (non-hydrogen) atoms. The highest BCUT2D eigenvalue weighted by molar-refractivity contribution is 7.17. The number of thiophene rings is 1. The van der Waals surface area contributed by atoms with E-state index in [2.05, 4.69) is 20.6 Å². The van der Waals surface area contributed by atoms with Gasteiger partial charge in [-0.3, -0.25) is 24.9 Å². The molecule has 3 heterocycles. The summed E-state index contributed by atoms with van der Waals surface area (Å²) in [5.74, 6) is -0.347. The smallest absolute Gasteiger partial charge is 0.324 e. The number of hydrogen-bond acceptors (Lipinski definition) is 8. The second kappa shape index (κ2) is 5.61. The fourth-order valence-corrected chi connectivity index (χ4v) is 2.61. The lowest BCUT2D eigenvalue weighted by molar-refractivity contribution is -0.380. The Morgan fingerprint density at radius 1 is 1.43 bits per heavy atom. The van der Waals surface area contributed by atoms with Crippen molar-refractivity contribution in [3.05, 3.63) is 38.9 Å². The molecule has 0 aliphatic rings. The molecule has 0 saturated heterocycles. The topological polar surface area (TPSA) is 129 Å². The van der Waals surface area contributed by atoms with Crippen molar-refractivity contribution in [1.29, 1.82) is 0 Å². The van der Waals surface area contributed by atoms with Crippen LogP contribution in [-0.4, -0.2) is 30.8 Å². The lowest BCUT2D eigenvalue weighted by atomic mass is 10.4. The van der Waals surface area contributed by atoms with Gasteiger partial charge in [-0.05, 0) is 19.1 Å². The quantitative estimate of drug-likeness (QED) is 0.570. The number of hydrogen-bond donors (Lipinski definition) is 1. The van der Waals surface area contributed by atoms with E-state index in [1.165, 1.54) is 12.1 Å². The molecule has 118 valence electrons. The number of nitro groups is 1. The second-order valence-electron chi connectivity index (χ2n) is 4.56. The number of amides is 1. The van der Waals surface area contributed by atoms with Crippen molar-refractivity contribution in [2.24, 2.45) is 7.05 Å². The predicted molar refractivity (Wildman–Crippen MR) is 80.2 cm³/mol. The first-order chi connectivity index (χ1) is 10.9. The maximum atomic E-state index is 12.0. The minimum absolute atomic E-state index is 0.0973. The van der Waals surface area contributed by atoms with E-state index in [1.807, 2.05) is 6.92 Å². The Labute approximate surface area is 132 Å². The van der Waals surface area contributed by atoms with Gasteiger partial charge in [0.15, 0.2) is 0 Å². The molecular weight excluding hydrogens is 324 g/mol. The molecule has 11 heteroatoms. The lowest BCUT2D eigenvalue weighted by Gasteiger charge is -1.96. The molecule has 0 spiro atoms. The fourth-order valence-electron chi connectivity index (χ4n) is 1.89. The normalized spacial score (nSPS) is 10.7. The van der Waals surface area contributed by atoms with E-state index >= 15 is 0 Å². The summed E-state index contributed by atoms with van der Waals surface area (Å²) < 4.78 is 6.95. The highest BCUT2D eigenvalue weighted by Gasteiger charge is 2.18. The summed E-state index contributed by atoms with van der Waals surface area (Å²) in [7, 11) is 1.73. The van der Waals surface area contributed by atoms with E-state index in [0.29, 0.717) is 5.69 Å². The number of aromatic nitrogens is 4. The Hall–Kier alpha value is -3.08. The zero-order valence-electron chi connectivity index (χ0n) is 12.0. The highest BCUT2D eigenvalue weighted by Crippen LogP contribution is 2.25. The molecular formula is C12H10N6O4S. The van der Waals surface area contributed by atoms with Crippen LogP contribution < -0.4 is 5.32 Å². The van der Waals surface area contributed by atoms with E-state index in [-0.39, 0.29) is 21.8 Å². The molecule has 3 aromatic rings. The molecule has 1 amide bonds. The summed E-state index contributed by atoms with van der Waals surface area (Å²) >= 11 is 0.762. The zero-order valence-corrected chi connectivity index (χ0v) is 12.8. The van der Waals surface area contributed by atoms with Gasteiger partial charge in [-0.15, -0.1) is 5.10 Å². The molecule has 3 rings (SSSR count). The number of nitrogens with one attached hydrogen (secondary N) is 1. The summed E-state index contributed by atoms with van der Waals surface area (Å²) in [6, 6.07) is 4.29. The van der Waals surface area contributed by atoms with Crippen LogP contribution in [0.1, 0.15) is 15.4 Å². The van der Waals surface area contributed by atoms with Gasteiger partial charge >= 0.3 is 11.0 Å². The van der Waals surface area contributed by atoms with Crippen LogP contribution in [0.3, 0.4) is 0 Å². The van der Waals surface area contributed by atoms with Crippen LogP contribution in [0.25, 0.3) is 11.6 Å². The van der Waals surface area contributed by atoms with Gasteiger partial charge in [0.1, 0.15) is 5.69 Å². The van der Waals surface area contributed by atoms with Crippen molar-refractivity contribution in [3.8, 4) is 11.6 Å².